The summed E-state index contributed by atoms with van der Waals surface area (Å²) < 4.78 is 16.6. The lowest BCUT2D eigenvalue weighted by Crippen LogP contribution is -2.42. The monoisotopic (exact) mass is 426 g/mol. The first-order valence-electron chi connectivity index (χ1n) is 9.68. The Labute approximate surface area is 177 Å². The molecule has 9 heteroatoms. The van der Waals surface area contributed by atoms with Gasteiger partial charge in [-0.05, 0) is 30.3 Å². The molecule has 154 valence electrons. The highest BCUT2D eigenvalue weighted by Gasteiger charge is 2.26. The first-order valence-corrected chi connectivity index (χ1v) is 10.1. The number of nitrogens with zero attached hydrogens (tertiary/aromatic N) is 3. The topological polar surface area (TPSA) is 89.6 Å². The lowest BCUT2D eigenvalue weighted by molar-refractivity contribution is 0.0582. The minimum absolute atomic E-state index is 0.0219. The van der Waals surface area contributed by atoms with Gasteiger partial charge in [-0.3, -0.25) is 9.89 Å². The molecule has 1 amide bonds. The van der Waals surface area contributed by atoms with Crippen LogP contribution in [0, 0.1) is 0 Å². The van der Waals surface area contributed by atoms with Gasteiger partial charge in [0, 0.05) is 43.8 Å². The van der Waals surface area contributed by atoms with Crippen molar-refractivity contribution in [3.8, 4) is 28.6 Å². The summed E-state index contributed by atoms with van der Waals surface area (Å²) in [5.41, 5.74) is 2.00. The SMILES string of the molecule is O=C(c1cc(-c2ccc3c(c2)OCO3)n[nH]1)N1CCC(Oc2ccc(Cl)cn2)CC1. The van der Waals surface area contributed by atoms with E-state index in [9.17, 15) is 4.79 Å². The average molecular weight is 427 g/mol. The summed E-state index contributed by atoms with van der Waals surface area (Å²) in [6, 6.07) is 10.9. The molecule has 1 N–H and O–H groups in total. The Morgan fingerprint density at radius 3 is 2.77 bits per heavy atom. The quantitative estimate of drug-likeness (QED) is 0.686. The molecule has 8 nitrogen and oxygen atoms in total. The Bertz CT molecular complexity index is 1060. The van der Waals surface area contributed by atoms with Crippen molar-refractivity contribution in [2.75, 3.05) is 19.9 Å². The minimum Gasteiger partial charge on any atom is -0.474 e. The smallest absolute Gasteiger partial charge is 0.271 e. The predicted octanol–water partition coefficient (Wildman–Crippen LogP) is 3.54. The zero-order chi connectivity index (χ0) is 20.5. The summed E-state index contributed by atoms with van der Waals surface area (Å²) in [5.74, 6) is 1.87. The van der Waals surface area contributed by atoms with Crippen LogP contribution in [0.2, 0.25) is 5.02 Å². The van der Waals surface area contributed by atoms with Crippen molar-refractivity contribution in [2.45, 2.75) is 18.9 Å². The molecule has 2 aromatic heterocycles. The van der Waals surface area contributed by atoms with Crippen LogP contribution < -0.4 is 14.2 Å². The molecule has 1 fully saturated rings. The molecule has 0 bridgehead atoms. The molecule has 2 aliphatic rings. The Morgan fingerprint density at radius 2 is 1.97 bits per heavy atom. The van der Waals surface area contributed by atoms with Crippen molar-refractivity contribution >= 4 is 17.5 Å². The average Bonchev–Trinajstić information content (AvgIpc) is 3.44. The van der Waals surface area contributed by atoms with E-state index in [2.05, 4.69) is 15.2 Å². The van der Waals surface area contributed by atoms with Crippen molar-refractivity contribution in [1.29, 1.82) is 0 Å². The van der Waals surface area contributed by atoms with Crippen molar-refractivity contribution in [2.24, 2.45) is 0 Å². The van der Waals surface area contributed by atoms with E-state index in [0.29, 0.717) is 46.9 Å². The number of fused-ring (bicyclic) bond motifs is 1. The van der Waals surface area contributed by atoms with Gasteiger partial charge >= 0.3 is 0 Å². The highest BCUT2D eigenvalue weighted by molar-refractivity contribution is 6.30. The van der Waals surface area contributed by atoms with Crippen LogP contribution in [-0.4, -0.2) is 52.0 Å². The molecule has 5 rings (SSSR count). The summed E-state index contributed by atoms with van der Waals surface area (Å²) in [6.45, 7) is 1.43. The summed E-state index contributed by atoms with van der Waals surface area (Å²) in [6.07, 6.45) is 3.05. The van der Waals surface area contributed by atoms with Crippen molar-refractivity contribution < 1.29 is 19.0 Å². The van der Waals surface area contributed by atoms with Gasteiger partial charge in [-0.2, -0.15) is 5.10 Å². The largest absolute Gasteiger partial charge is 0.474 e. The maximum Gasteiger partial charge on any atom is 0.271 e. The van der Waals surface area contributed by atoms with Gasteiger partial charge in [-0.1, -0.05) is 11.6 Å². The van der Waals surface area contributed by atoms with Gasteiger partial charge in [-0.25, -0.2) is 4.98 Å². The summed E-state index contributed by atoms with van der Waals surface area (Å²) in [7, 11) is 0. The zero-order valence-electron chi connectivity index (χ0n) is 16.0. The number of likely N-dealkylation sites (tertiary alicyclic amines) is 1. The number of nitrogens with one attached hydrogen (secondary N) is 1. The Balaban J connectivity index is 1.20. The summed E-state index contributed by atoms with van der Waals surface area (Å²) in [4.78, 5) is 18.9. The van der Waals surface area contributed by atoms with E-state index in [1.807, 2.05) is 23.1 Å². The number of ether oxygens (including phenoxy) is 3. The van der Waals surface area contributed by atoms with E-state index >= 15 is 0 Å². The zero-order valence-corrected chi connectivity index (χ0v) is 16.8. The van der Waals surface area contributed by atoms with E-state index in [1.165, 1.54) is 0 Å². The number of carbonyl (C=O) groups is 1. The Morgan fingerprint density at radius 1 is 1.13 bits per heavy atom. The molecular weight excluding hydrogens is 408 g/mol. The number of H-pyrrole nitrogens is 1. The van der Waals surface area contributed by atoms with Crippen molar-refractivity contribution in [3.63, 3.8) is 0 Å². The van der Waals surface area contributed by atoms with Crippen LogP contribution >= 0.6 is 11.6 Å². The van der Waals surface area contributed by atoms with Gasteiger partial charge in [-0.15, -0.1) is 0 Å². The van der Waals surface area contributed by atoms with Crippen LogP contribution in [0.4, 0.5) is 0 Å². The van der Waals surface area contributed by atoms with Gasteiger partial charge in [0.1, 0.15) is 11.8 Å². The lowest BCUT2D eigenvalue weighted by Gasteiger charge is -2.31. The first kappa shape index (κ1) is 18.7. The maximum atomic E-state index is 12.9. The van der Waals surface area contributed by atoms with Gasteiger partial charge in [0.2, 0.25) is 12.7 Å². The number of amides is 1. The van der Waals surface area contributed by atoms with Gasteiger partial charge in [0.25, 0.3) is 5.91 Å². The number of hydrogen-bond acceptors (Lipinski definition) is 6. The number of aromatic nitrogens is 3. The standard InChI is InChI=1S/C21H19ClN4O4/c22-14-2-4-20(23-11-14)30-15-5-7-26(8-6-15)21(27)17-10-16(24-25-17)13-1-3-18-19(9-13)29-12-28-18/h1-4,9-11,15H,5-8,12H2,(H,24,25). The molecule has 1 aromatic carbocycles. The lowest BCUT2D eigenvalue weighted by atomic mass is 10.1. The van der Waals surface area contributed by atoms with E-state index in [4.69, 9.17) is 25.8 Å². The molecule has 0 radical (unpaired) electrons. The maximum absolute atomic E-state index is 12.9. The minimum atomic E-state index is -0.0717. The molecular formula is C21H19ClN4O4. The fourth-order valence-corrected chi connectivity index (χ4v) is 3.70. The molecule has 0 saturated carbocycles. The van der Waals surface area contributed by atoms with Crippen LogP contribution in [-0.2, 0) is 0 Å². The fourth-order valence-electron chi connectivity index (χ4n) is 3.58. The first-order chi connectivity index (χ1) is 14.7. The van der Waals surface area contributed by atoms with Crippen LogP contribution in [0.5, 0.6) is 17.4 Å². The van der Waals surface area contributed by atoms with Crippen LogP contribution in [0.3, 0.4) is 0 Å². The van der Waals surface area contributed by atoms with E-state index < -0.39 is 0 Å². The number of halogens is 1. The number of piperidine rings is 1. The van der Waals surface area contributed by atoms with Crippen molar-refractivity contribution in [1.82, 2.24) is 20.1 Å². The molecule has 0 unspecified atom stereocenters. The number of aromatic amines is 1. The Kier molecular flexibility index (Phi) is 4.92. The molecule has 4 heterocycles. The van der Waals surface area contributed by atoms with E-state index in [-0.39, 0.29) is 18.8 Å². The van der Waals surface area contributed by atoms with Crippen LogP contribution in [0.1, 0.15) is 23.3 Å². The summed E-state index contributed by atoms with van der Waals surface area (Å²) >= 11 is 5.85. The van der Waals surface area contributed by atoms with E-state index in [0.717, 1.165) is 18.4 Å². The summed E-state index contributed by atoms with van der Waals surface area (Å²) in [5, 5.41) is 7.72. The molecule has 0 spiro atoms. The third-order valence-corrected chi connectivity index (χ3v) is 5.42. The van der Waals surface area contributed by atoms with Gasteiger partial charge < -0.3 is 19.1 Å². The van der Waals surface area contributed by atoms with Crippen molar-refractivity contribution in [3.05, 3.63) is 53.3 Å². The second-order valence-electron chi connectivity index (χ2n) is 7.16. The highest BCUT2D eigenvalue weighted by atomic mass is 35.5. The molecule has 0 atom stereocenters. The molecule has 2 aliphatic heterocycles. The normalized spacial score (nSPS) is 16.0. The second-order valence-corrected chi connectivity index (χ2v) is 7.60. The number of benzene rings is 1. The van der Waals surface area contributed by atoms with Gasteiger partial charge in [0.05, 0.1) is 10.7 Å². The second kappa shape index (κ2) is 7.87. The fraction of sp³-hybridized carbons (Fsp3) is 0.286. The number of carbonyl (C=O) groups excluding carboxylic acids is 1. The van der Waals surface area contributed by atoms with Crippen LogP contribution in [0.15, 0.2) is 42.6 Å². The van der Waals surface area contributed by atoms with Crippen LogP contribution in [0.25, 0.3) is 11.3 Å². The molecule has 0 aliphatic carbocycles. The Hall–Kier alpha value is -3.26. The number of pyridine rings is 1. The van der Waals surface area contributed by atoms with E-state index in [1.54, 1.807) is 24.4 Å². The number of hydrogen-bond donors (Lipinski definition) is 1. The highest BCUT2D eigenvalue weighted by Crippen LogP contribution is 2.35. The van der Waals surface area contributed by atoms with Gasteiger partial charge in [0.15, 0.2) is 11.5 Å². The third-order valence-electron chi connectivity index (χ3n) is 5.19. The third kappa shape index (κ3) is 3.78. The molecule has 30 heavy (non-hydrogen) atoms. The molecule has 3 aromatic rings. The number of rotatable bonds is 4. The predicted molar refractivity (Wildman–Crippen MR) is 109 cm³/mol. The molecule has 1 saturated heterocycles.